The molecule has 1 heterocycles. The number of imidazole rings is 1. The maximum Gasteiger partial charge on any atom is 0.124 e. The molecule has 0 fully saturated rings. The van der Waals surface area contributed by atoms with Gasteiger partial charge in [0.2, 0.25) is 0 Å². The molecule has 0 spiro atoms. The van der Waals surface area contributed by atoms with E-state index in [1.54, 1.807) is 0 Å². The molecule has 0 bridgehead atoms. The molecule has 1 aromatic carbocycles. The molecule has 4 nitrogen and oxygen atoms in total. The summed E-state index contributed by atoms with van der Waals surface area (Å²) in [5, 5.41) is 0. The number of hydrogen-bond acceptors (Lipinski definition) is 3. The van der Waals surface area contributed by atoms with Crippen LogP contribution in [0.4, 0.5) is 0 Å². The van der Waals surface area contributed by atoms with Crippen molar-refractivity contribution >= 4 is 11.0 Å². The van der Waals surface area contributed by atoms with Crippen LogP contribution < -0.4 is 4.74 Å². The van der Waals surface area contributed by atoms with Crippen LogP contribution in [0.25, 0.3) is 11.0 Å². The standard InChI is InChI=1S/C14H21N3O/c1-5-13(17(3)4)14-15-11-8-7-10(18-6-2)9-12(11)16-14/h7-9,13H,5-6H2,1-4H3,(H,15,16). The lowest BCUT2D eigenvalue weighted by Gasteiger charge is -2.20. The molecule has 98 valence electrons. The number of nitrogens with zero attached hydrogens (tertiary/aromatic N) is 2. The summed E-state index contributed by atoms with van der Waals surface area (Å²) in [6, 6.07) is 6.31. The smallest absolute Gasteiger partial charge is 0.124 e. The number of H-pyrrole nitrogens is 1. The van der Waals surface area contributed by atoms with Crippen LogP contribution in [0.3, 0.4) is 0 Å². The predicted molar refractivity (Wildman–Crippen MR) is 74.0 cm³/mol. The van der Waals surface area contributed by atoms with Gasteiger partial charge in [-0.2, -0.15) is 0 Å². The Morgan fingerprint density at radius 2 is 2.11 bits per heavy atom. The zero-order valence-corrected chi connectivity index (χ0v) is 11.5. The number of hydrogen-bond donors (Lipinski definition) is 1. The van der Waals surface area contributed by atoms with Gasteiger partial charge in [-0.05, 0) is 39.6 Å². The number of fused-ring (bicyclic) bond motifs is 1. The molecule has 18 heavy (non-hydrogen) atoms. The largest absolute Gasteiger partial charge is 0.494 e. The maximum absolute atomic E-state index is 5.50. The summed E-state index contributed by atoms with van der Waals surface area (Å²) in [5.74, 6) is 1.91. The summed E-state index contributed by atoms with van der Waals surface area (Å²) in [6.07, 6.45) is 1.03. The Morgan fingerprint density at radius 3 is 2.72 bits per heavy atom. The average molecular weight is 247 g/mol. The number of rotatable bonds is 5. The minimum Gasteiger partial charge on any atom is -0.494 e. The first-order valence-electron chi connectivity index (χ1n) is 6.44. The van der Waals surface area contributed by atoms with Crippen molar-refractivity contribution in [2.75, 3.05) is 20.7 Å². The van der Waals surface area contributed by atoms with Crippen LogP contribution in [0, 0.1) is 0 Å². The molecule has 0 saturated carbocycles. The van der Waals surface area contributed by atoms with E-state index < -0.39 is 0 Å². The Balaban J connectivity index is 2.37. The Bertz CT molecular complexity index is 519. The van der Waals surface area contributed by atoms with Crippen molar-refractivity contribution in [2.24, 2.45) is 0 Å². The number of ether oxygens (including phenoxy) is 1. The topological polar surface area (TPSA) is 41.1 Å². The van der Waals surface area contributed by atoms with Crippen LogP contribution >= 0.6 is 0 Å². The van der Waals surface area contributed by atoms with Gasteiger partial charge in [-0.15, -0.1) is 0 Å². The molecule has 1 N–H and O–H groups in total. The Hall–Kier alpha value is -1.55. The second-order valence-corrected chi connectivity index (χ2v) is 4.62. The zero-order valence-electron chi connectivity index (χ0n) is 11.5. The molecule has 2 rings (SSSR count). The third-order valence-electron chi connectivity index (χ3n) is 3.11. The summed E-state index contributed by atoms with van der Waals surface area (Å²) >= 11 is 0. The van der Waals surface area contributed by atoms with Gasteiger partial charge < -0.3 is 9.72 Å². The summed E-state index contributed by atoms with van der Waals surface area (Å²) in [6.45, 7) is 4.84. The lowest BCUT2D eigenvalue weighted by molar-refractivity contribution is 0.282. The molecule has 1 unspecified atom stereocenters. The Kier molecular flexibility index (Phi) is 3.87. The van der Waals surface area contributed by atoms with Gasteiger partial charge >= 0.3 is 0 Å². The highest BCUT2D eigenvalue weighted by molar-refractivity contribution is 5.76. The fraction of sp³-hybridized carbons (Fsp3) is 0.500. The van der Waals surface area contributed by atoms with Crippen LogP contribution in [0.5, 0.6) is 5.75 Å². The van der Waals surface area contributed by atoms with E-state index in [0.29, 0.717) is 12.6 Å². The molecular formula is C14H21N3O. The monoisotopic (exact) mass is 247 g/mol. The van der Waals surface area contributed by atoms with Gasteiger partial charge in [-0.1, -0.05) is 6.92 Å². The second-order valence-electron chi connectivity index (χ2n) is 4.62. The van der Waals surface area contributed by atoms with E-state index in [1.165, 1.54) is 0 Å². The van der Waals surface area contributed by atoms with Gasteiger partial charge in [0.15, 0.2) is 0 Å². The van der Waals surface area contributed by atoms with Gasteiger partial charge in [-0.25, -0.2) is 4.98 Å². The Labute approximate surface area is 108 Å². The van der Waals surface area contributed by atoms with Crippen molar-refractivity contribution in [3.63, 3.8) is 0 Å². The van der Waals surface area contributed by atoms with Gasteiger partial charge in [-0.3, -0.25) is 4.90 Å². The van der Waals surface area contributed by atoms with Gasteiger partial charge in [0.05, 0.1) is 23.7 Å². The van der Waals surface area contributed by atoms with E-state index in [2.05, 4.69) is 35.9 Å². The molecule has 0 aliphatic carbocycles. The number of nitrogens with one attached hydrogen (secondary N) is 1. The SMILES string of the molecule is CCOc1ccc2nc(C(CC)N(C)C)[nH]c2c1. The van der Waals surface area contributed by atoms with Crippen molar-refractivity contribution in [1.29, 1.82) is 0 Å². The minimum atomic E-state index is 0.327. The van der Waals surface area contributed by atoms with Crippen LogP contribution in [-0.4, -0.2) is 35.6 Å². The molecular weight excluding hydrogens is 226 g/mol. The summed E-state index contributed by atoms with van der Waals surface area (Å²) in [7, 11) is 4.15. The van der Waals surface area contributed by atoms with Crippen LogP contribution in [0.2, 0.25) is 0 Å². The molecule has 1 aromatic heterocycles. The molecule has 0 aliphatic heterocycles. The van der Waals surface area contributed by atoms with Crippen LogP contribution in [0.15, 0.2) is 18.2 Å². The fourth-order valence-electron chi connectivity index (χ4n) is 2.23. The second kappa shape index (κ2) is 5.40. The summed E-state index contributed by atoms with van der Waals surface area (Å²) in [5.41, 5.74) is 2.03. The van der Waals surface area contributed by atoms with E-state index in [4.69, 9.17) is 4.74 Å². The molecule has 0 aliphatic rings. The van der Waals surface area contributed by atoms with E-state index in [-0.39, 0.29) is 0 Å². The zero-order chi connectivity index (χ0) is 13.1. The van der Waals surface area contributed by atoms with Crippen molar-refractivity contribution in [1.82, 2.24) is 14.9 Å². The van der Waals surface area contributed by atoms with Crippen molar-refractivity contribution in [3.8, 4) is 5.75 Å². The molecule has 1 atom stereocenters. The van der Waals surface area contributed by atoms with Crippen LogP contribution in [0.1, 0.15) is 32.1 Å². The first-order chi connectivity index (χ1) is 8.65. The first kappa shape index (κ1) is 12.9. The van der Waals surface area contributed by atoms with Gasteiger partial charge in [0.25, 0.3) is 0 Å². The fourth-order valence-corrected chi connectivity index (χ4v) is 2.23. The molecule has 0 amide bonds. The van der Waals surface area contributed by atoms with Crippen molar-refractivity contribution < 1.29 is 4.74 Å². The average Bonchev–Trinajstić information content (AvgIpc) is 2.72. The van der Waals surface area contributed by atoms with Gasteiger partial charge in [0.1, 0.15) is 11.6 Å². The minimum absolute atomic E-state index is 0.327. The third-order valence-corrected chi connectivity index (χ3v) is 3.11. The first-order valence-corrected chi connectivity index (χ1v) is 6.44. The number of aromatic amines is 1. The third kappa shape index (κ3) is 2.48. The van der Waals surface area contributed by atoms with Crippen LogP contribution in [-0.2, 0) is 0 Å². The molecule has 2 aromatic rings. The number of benzene rings is 1. The summed E-state index contributed by atoms with van der Waals surface area (Å²) < 4.78 is 5.50. The number of aromatic nitrogens is 2. The van der Waals surface area contributed by atoms with E-state index in [0.717, 1.165) is 29.0 Å². The lowest BCUT2D eigenvalue weighted by atomic mass is 10.2. The van der Waals surface area contributed by atoms with Gasteiger partial charge in [0, 0.05) is 6.07 Å². The van der Waals surface area contributed by atoms with Crippen molar-refractivity contribution in [3.05, 3.63) is 24.0 Å². The van der Waals surface area contributed by atoms with Crippen molar-refractivity contribution in [2.45, 2.75) is 26.3 Å². The van der Waals surface area contributed by atoms with E-state index in [1.807, 2.05) is 25.1 Å². The molecule has 0 saturated heterocycles. The molecule has 4 heteroatoms. The maximum atomic E-state index is 5.50. The normalized spacial score (nSPS) is 13.2. The highest BCUT2D eigenvalue weighted by Gasteiger charge is 2.16. The lowest BCUT2D eigenvalue weighted by Crippen LogP contribution is -2.20. The quantitative estimate of drug-likeness (QED) is 0.883. The highest BCUT2D eigenvalue weighted by atomic mass is 16.5. The highest BCUT2D eigenvalue weighted by Crippen LogP contribution is 2.24. The summed E-state index contributed by atoms with van der Waals surface area (Å²) in [4.78, 5) is 10.2. The van der Waals surface area contributed by atoms with E-state index in [9.17, 15) is 0 Å². The molecule has 0 radical (unpaired) electrons. The Morgan fingerprint density at radius 1 is 1.33 bits per heavy atom. The van der Waals surface area contributed by atoms with E-state index >= 15 is 0 Å². The predicted octanol–water partition coefficient (Wildman–Crippen LogP) is 2.97.